The quantitative estimate of drug-likeness (QED) is 0.702. The molecule has 0 bridgehead atoms. The maximum atomic E-state index is 11.8. The van der Waals surface area contributed by atoms with Gasteiger partial charge in [-0.15, -0.1) is 0 Å². The van der Waals surface area contributed by atoms with Crippen LogP contribution in [-0.4, -0.2) is 24.0 Å². The monoisotopic (exact) mass is 228 g/mol. The normalized spacial score (nSPS) is 16.9. The van der Waals surface area contributed by atoms with E-state index in [1.165, 1.54) is 0 Å². The molecule has 0 aliphatic rings. The van der Waals surface area contributed by atoms with Crippen molar-refractivity contribution in [3.63, 3.8) is 0 Å². The van der Waals surface area contributed by atoms with E-state index in [1.54, 1.807) is 0 Å². The zero-order valence-electron chi connectivity index (χ0n) is 11.6. The van der Waals surface area contributed by atoms with Gasteiger partial charge >= 0.3 is 0 Å². The van der Waals surface area contributed by atoms with E-state index in [4.69, 9.17) is 0 Å². The van der Waals surface area contributed by atoms with Crippen LogP contribution in [0.25, 0.3) is 0 Å². The lowest BCUT2D eigenvalue weighted by atomic mass is 10.0. The molecule has 0 aliphatic heterocycles. The van der Waals surface area contributed by atoms with E-state index in [0.29, 0.717) is 12.0 Å². The van der Waals surface area contributed by atoms with Crippen molar-refractivity contribution in [2.24, 2.45) is 5.92 Å². The molecule has 3 atom stereocenters. The smallest absolute Gasteiger partial charge is 0.237 e. The first-order valence-corrected chi connectivity index (χ1v) is 6.48. The highest BCUT2D eigenvalue weighted by Gasteiger charge is 2.19. The average Bonchev–Trinajstić information content (AvgIpc) is 2.24. The van der Waals surface area contributed by atoms with Gasteiger partial charge in [0.05, 0.1) is 6.04 Å². The Morgan fingerprint density at radius 2 is 1.62 bits per heavy atom. The van der Waals surface area contributed by atoms with Crippen molar-refractivity contribution in [2.75, 3.05) is 0 Å². The van der Waals surface area contributed by atoms with Gasteiger partial charge in [-0.1, -0.05) is 27.7 Å². The largest absolute Gasteiger partial charge is 0.352 e. The third-order valence-electron chi connectivity index (χ3n) is 3.10. The van der Waals surface area contributed by atoms with Crippen LogP contribution >= 0.6 is 0 Å². The fraction of sp³-hybridized carbons (Fsp3) is 0.923. The summed E-state index contributed by atoms with van der Waals surface area (Å²) in [5.41, 5.74) is 0. The third-order valence-corrected chi connectivity index (χ3v) is 3.10. The van der Waals surface area contributed by atoms with Gasteiger partial charge in [-0.2, -0.15) is 0 Å². The molecule has 0 heterocycles. The minimum Gasteiger partial charge on any atom is -0.352 e. The van der Waals surface area contributed by atoms with Gasteiger partial charge < -0.3 is 10.6 Å². The molecule has 0 saturated carbocycles. The highest BCUT2D eigenvalue weighted by atomic mass is 16.2. The van der Waals surface area contributed by atoms with Gasteiger partial charge in [-0.05, 0) is 32.6 Å². The van der Waals surface area contributed by atoms with Crippen LogP contribution in [0.1, 0.15) is 54.4 Å². The number of nitrogens with one attached hydrogen (secondary N) is 2. The van der Waals surface area contributed by atoms with Gasteiger partial charge in [0.25, 0.3) is 0 Å². The molecular weight excluding hydrogens is 200 g/mol. The van der Waals surface area contributed by atoms with Crippen molar-refractivity contribution in [3.8, 4) is 0 Å². The lowest BCUT2D eigenvalue weighted by Crippen LogP contribution is -2.49. The summed E-state index contributed by atoms with van der Waals surface area (Å²) in [4.78, 5) is 11.8. The fourth-order valence-electron chi connectivity index (χ4n) is 1.65. The first-order valence-electron chi connectivity index (χ1n) is 6.48. The molecule has 0 aromatic carbocycles. The van der Waals surface area contributed by atoms with E-state index in [9.17, 15) is 4.79 Å². The van der Waals surface area contributed by atoms with Crippen molar-refractivity contribution in [3.05, 3.63) is 0 Å². The van der Waals surface area contributed by atoms with Crippen molar-refractivity contribution in [2.45, 2.75) is 72.5 Å². The topological polar surface area (TPSA) is 41.1 Å². The summed E-state index contributed by atoms with van der Waals surface area (Å²) in [5, 5.41) is 6.38. The van der Waals surface area contributed by atoms with Crippen LogP contribution in [0.3, 0.4) is 0 Å². The second-order valence-electron chi connectivity index (χ2n) is 4.96. The van der Waals surface area contributed by atoms with Crippen LogP contribution in [0, 0.1) is 5.92 Å². The summed E-state index contributed by atoms with van der Waals surface area (Å²) in [6.07, 6.45) is 2.03. The highest BCUT2D eigenvalue weighted by molar-refractivity contribution is 5.81. The van der Waals surface area contributed by atoms with Crippen molar-refractivity contribution >= 4 is 5.91 Å². The lowest BCUT2D eigenvalue weighted by Gasteiger charge is -2.25. The van der Waals surface area contributed by atoms with Crippen LogP contribution in [0.5, 0.6) is 0 Å². The summed E-state index contributed by atoms with van der Waals surface area (Å²) >= 11 is 0. The number of amides is 1. The lowest BCUT2D eigenvalue weighted by molar-refractivity contribution is -0.123. The summed E-state index contributed by atoms with van der Waals surface area (Å²) in [5.74, 6) is 0.664. The molecule has 16 heavy (non-hydrogen) atoms. The Kier molecular flexibility index (Phi) is 7.39. The Balaban J connectivity index is 4.13. The van der Waals surface area contributed by atoms with Crippen LogP contribution in [0.15, 0.2) is 0 Å². The maximum Gasteiger partial charge on any atom is 0.237 e. The van der Waals surface area contributed by atoms with Crippen LogP contribution in [0.4, 0.5) is 0 Å². The zero-order valence-corrected chi connectivity index (χ0v) is 11.6. The van der Waals surface area contributed by atoms with Gasteiger partial charge in [-0.25, -0.2) is 0 Å². The van der Waals surface area contributed by atoms with E-state index in [-0.39, 0.29) is 18.0 Å². The van der Waals surface area contributed by atoms with Gasteiger partial charge in [0, 0.05) is 12.1 Å². The molecule has 0 radical (unpaired) electrons. The third kappa shape index (κ3) is 5.50. The number of hydrogen-bond acceptors (Lipinski definition) is 2. The Bertz CT molecular complexity index is 204. The molecule has 0 aromatic rings. The average molecular weight is 228 g/mol. The van der Waals surface area contributed by atoms with Crippen LogP contribution < -0.4 is 10.6 Å². The molecule has 3 nitrogen and oxygen atoms in total. The fourth-order valence-corrected chi connectivity index (χ4v) is 1.65. The maximum absolute atomic E-state index is 11.8. The van der Waals surface area contributed by atoms with E-state index in [2.05, 4.69) is 38.3 Å². The second-order valence-corrected chi connectivity index (χ2v) is 4.96. The number of carbonyl (C=O) groups excluding carboxylic acids is 1. The van der Waals surface area contributed by atoms with Crippen molar-refractivity contribution in [1.29, 1.82) is 0 Å². The van der Waals surface area contributed by atoms with Gasteiger partial charge in [-0.3, -0.25) is 4.79 Å². The molecule has 0 aromatic heterocycles. The molecule has 0 rings (SSSR count). The molecule has 0 saturated heterocycles. The number of hydrogen-bond donors (Lipinski definition) is 2. The standard InChI is InChI=1S/C13H28N2O/c1-7-10(5)14-13(16)11(6)15-12(8-2)9(3)4/h9-12,15H,7-8H2,1-6H3,(H,14,16). The van der Waals surface area contributed by atoms with E-state index in [1.807, 2.05) is 13.8 Å². The predicted molar refractivity (Wildman–Crippen MR) is 69.4 cm³/mol. The molecule has 2 N–H and O–H groups in total. The zero-order chi connectivity index (χ0) is 12.7. The van der Waals surface area contributed by atoms with Crippen LogP contribution in [0.2, 0.25) is 0 Å². The summed E-state index contributed by atoms with van der Waals surface area (Å²) in [7, 11) is 0. The molecule has 0 spiro atoms. The van der Waals surface area contributed by atoms with Crippen molar-refractivity contribution < 1.29 is 4.79 Å². The Morgan fingerprint density at radius 1 is 1.06 bits per heavy atom. The van der Waals surface area contributed by atoms with Crippen molar-refractivity contribution in [1.82, 2.24) is 10.6 Å². The highest BCUT2D eigenvalue weighted by Crippen LogP contribution is 2.06. The van der Waals surface area contributed by atoms with E-state index in [0.717, 1.165) is 12.8 Å². The molecule has 96 valence electrons. The summed E-state index contributed by atoms with van der Waals surface area (Å²) in [6.45, 7) is 12.6. The minimum absolute atomic E-state index is 0.105. The van der Waals surface area contributed by atoms with E-state index >= 15 is 0 Å². The molecule has 1 amide bonds. The Morgan fingerprint density at radius 3 is 2.00 bits per heavy atom. The molecule has 3 heteroatoms. The molecule has 0 aliphatic carbocycles. The summed E-state index contributed by atoms with van der Waals surface area (Å²) in [6, 6.07) is 0.565. The minimum atomic E-state index is -0.110. The van der Waals surface area contributed by atoms with Crippen LogP contribution in [-0.2, 0) is 4.79 Å². The first kappa shape index (κ1) is 15.4. The Labute approximate surface area is 100 Å². The summed E-state index contributed by atoms with van der Waals surface area (Å²) < 4.78 is 0. The number of rotatable bonds is 7. The Hall–Kier alpha value is -0.570. The van der Waals surface area contributed by atoms with Gasteiger partial charge in [0.2, 0.25) is 5.91 Å². The SMILES string of the molecule is CCC(C)NC(=O)C(C)NC(CC)C(C)C. The first-order chi connectivity index (χ1) is 7.42. The van der Waals surface area contributed by atoms with Gasteiger partial charge in [0.15, 0.2) is 0 Å². The van der Waals surface area contributed by atoms with E-state index < -0.39 is 0 Å². The van der Waals surface area contributed by atoms with Gasteiger partial charge in [0.1, 0.15) is 0 Å². The number of carbonyl (C=O) groups is 1. The predicted octanol–water partition coefficient (Wildman–Crippen LogP) is 2.31. The molecule has 0 fully saturated rings. The molecular formula is C13H28N2O. The second kappa shape index (κ2) is 7.66. The molecule has 3 unspecified atom stereocenters.